The van der Waals surface area contributed by atoms with Crippen LogP contribution >= 0.6 is 0 Å². The molecule has 0 radical (unpaired) electrons. The standard InChI is InChI=1S/C33H41N3O5/c1-3-19-36-29-18-17-27(35-20-10-5-4-9-15-31(35)39)23-28(29)33(41,32(36)40)25(2)12-11-16-30(38)34(21-22-37)24-26-13-7-6-8-14-26/h3,6-8,11-14,17-18,23,25,37,41H,1,4-5,9-10,15-16,19-22,24H2,2H3/b12-11+/t25-,33+/m1/s1. The summed E-state index contributed by atoms with van der Waals surface area (Å²) < 4.78 is 0. The molecule has 1 saturated heterocycles. The van der Waals surface area contributed by atoms with E-state index in [-0.39, 0.29) is 37.9 Å². The number of aliphatic hydroxyl groups excluding tert-OH is 1. The highest BCUT2D eigenvalue weighted by Crippen LogP contribution is 2.46. The van der Waals surface area contributed by atoms with E-state index in [1.807, 2.05) is 36.4 Å². The number of carbonyl (C=O) groups is 3. The van der Waals surface area contributed by atoms with E-state index in [1.165, 1.54) is 4.90 Å². The number of amides is 3. The van der Waals surface area contributed by atoms with Gasteiger partial charge in [0.1, 0.15) is 0 Å². The lowest BCUT2D eigenvalue weighted by atomic mass is 9.82. The van der Waals surface area contributed by atoms with Gasteiger partial charge in [0, 0.05) is 56.2 Å². The molecule has 2 aromatic carbocycles. The van der Waals surface area contributed by atoms with Gasteiger partial charge in [0.2, 0.25) is 11.8 Å². The molecule has 2 aliphatic heterocycles. The summed E-state index contributed by atoms with van der Waals surface area (Å²) >= 11 is 0. The fourth-order valence-corrected chi connectivity index (χ4v) is 5.70. The molecule has 41 heavy (non-hydrogen) atoms. The Morgan fingerprint density at radius 2 is 1.88 bits per heavy atom. The van der Waals surface area contributed by atoms with Crippen molar-refractivity contribution in [1.29, 1.82) is 0 Å². The molecule has 3 amide bonds. The molecule has 0 unspecified atom stereocenters. The fraction of sp³-hybridized carbons (Fsp3) is 0.424. The van der Waals surface area contributed by atoms with Crippen LogP contribution in [-0.4, -0.2) is 59.1 Å². The van der Waals surface area contributed by atoms with Crippen LogP contribution in [0.1, 0.15) is 56.6 Å². The zero-order chi connectivity index (χ0) is 29.4. The minimum Gasteiger partial charge on any atom is -0.395 e. The van der Waals surface area contributed by atoms with Gasteiger partial charge in [-0.3, -0.25) is 14.4 Å². The van der Waals surface area contributed by atoms with Crippen molar-refractivity contribution >= 4 is 29.1 Å². The Labute approximate surface area is 242 Å². The minimum atomic E-state index is -1.87. The summed E-state index contributed by atoms with van der Waals surface area (Å²) in [7, 11) is 0. The summed E-state index contributed by atoms with van der Waals surface area (Å²) in [5, 5.41) is 21.5. The molecule has 0 saturated carbocycles. The topological polar surface area (TPSA) is 101 Å². The first-order valence-electron chi connectivity index (χ1n) is 14.5. The number of nitrogens with zero attached hydrogens (tertiary/aromatic N) is 3. The van der Waals surface area contributed by atoms with Crippen LogP contribution in [-0.2, 0) is 26.5 Å². The summed E-state index contributed by atoms with van der Waals surface area (Å²) in [6.45, 7) is 6.81. The summed E-state index contributed by atoms with van der Waals surface area (Å²) in [4.78, 5) is 44.5. The summed E-state index contributed by atoms with van der Waals surface area (Å²) in [5.74, 6) is -1.23. The van der Waals surface area contributed by atoms with Crippen molar-refractivity contribution in [2.75, 3.05) is 36.0 Å². The molecular formula is C33H41N3O5. The lowest BCUT2D eigenvalue weighted by Gasteiger charge is -2.29. The van der Waals surface area contributed by atoms with Crippen LogP contribution in [0.5, 0.6) is 0 Å². The second-order valence-corrected chi connectivity index (χ2v) is 10.8. The highest BCUT2D eigenvalue weighted by Gasteiger charge is 2.52. The van der Waals surface area contributed by atoms with Crippen molar-refractivity contribution in [3.05, 3.63) is 84.5 Å². The summed E-state index contributed by atoms with van der Waals surface area (Å²) in [6.07, 6.45) is 9.40. The van der Waals surface area contributed by atoms with Crippen LogP contribution in [0.15, 0.2) is 73.3 Å². The predicted octanol–water partition coefficient (Wildman–Crippen LogP) is 4.31. The highest BCUT2D eigenvalue weighted by atomic mass is 16.3. The molecule has 0 aliphatic carbocycles. The van der Waals surface area contributed by atoms with E-state index in [0.29, 0.717) is 36.4 Å². The molecule has 2 heterocycles. The van der Waals surface area contributed by atoms with Crippen molar-refractivity contribution in [1.82, 2.24) is 4.90 Å². The van der Waals surface area contributed by atoms with E-state index >= 15 is 0 Å². The van der Waals surface area contributed by atoms with Gasteiger partial charge in [-0.15, -0.1) is 6.58 Å². The first-order chi connectivity index (χ1) is 19.8. The Morgan fingerprint density at radius 3 is 2.61 bits per heavy atom. The van der Waals surface area contributed by atoms with Crippen LogP contribution in [0.4, 0.5) is 11.4 Å². The van der Waals surface area contributed by atoms with E-state index in [0.717, 1.165) is 31.2 Å². The Bertz CT molecular complexity index is 1280. The molecule has 218 valence electrons. The highest BCUT2D eigenvalue weighted by molar-refractivity contribution is 6.08. The number of carbonyl (C=O) groups excluding carboxylic acids is 3. The van der Waals surface area contributed by atoms with E-state index in [1.54, 1.807) is 47.1 Å². The van der Waals surface area contributed by atoms with Crippen LogP contribution in [0.3, 0.4) is 0 Å². The lowest BCUT2D eigenvalue weighted by molar-refractivity contribution is -0.139. The van der Waals surface area contributed by atoms with E-state index in [2.05, 4.69) is 6.58 Å². The number of aliphatic hydroxyl groups is 2. The predicted molar refractivity (Wildman–Crippen MR) is 160 cm³/mol. The van der Waals surface area contributed by atoms with Crippen molar-refractivity contribution in [2.24, 2.45) is 5.92 Å². The Kier molecular flexibility index (Phi) is 10.1. The SMILES string of the molecule is C=CCN1C(=O)[C@](O)([C@H](C)/C=C/CC(=O)N(CCO)Cc2ccccc2)c2cc(N3CCCCCCC3=O)ccc21. The first kappa shape index (κ1) is 30.2. The number of anilines is 2. The zero-order valence-electron chi connectivity index (χ0n) is 23.9. The molecule has 0 bridgehead atoms. The van der Waals surface area contributed by atoms with Gasteiger partial charge in [-0.25, -0.2) is 0 Å². The molecule has 2 N–H and O–H groups in total. The van der Waals surface area contributed by atoms with Crippen LogP contribution in [0, 0.1) is 5.92 Å². The number of fused-ring (bicyclic) bond motifs is 1. The summed E-state index contributed by atoms with van der Waals surface area (Å²) in [6, 6.07) is 15.0. The average molecular weight is 560 g/mol. The van der Waals surface area contributed by atoms with E-state index in [9.17, 15) is 24.6 Å². The van der Waals surface area contributed by atoms with Crippen LogP contribution < -0.4 is 9.80 Å². The van der Waals surface area contributed by atoms with Gasteiger partial charge in [-0.1, -0.05) is 68.3 Å². The Balaban J connectivity index is 1.57. The number of rotatable bonds is 11. The number of benzene rings is 2. The monoisotopic (exact) mass is 559 g/mol. The Morgan fingerprint density at radius 1 is 1.12 bits per heavy atom. The first-order valence-corrected chi connectivity index (χ1v) is 14.5. The smallest absolute Gasteiger partial charge is 0.264 e. The van der Waals surface area contributed by atoms with Gasteiger partial charge < -0.3 is 24.9 Å². The van der Waals surface area contributed by atoms with Gasteiger partial charge in [-0.2, -0.15) is 0 Å². The molecule has 4 rings (SSSR count). The molecule has 8 heteroatoms. The zero-order valence-corrected chi connectivity index (χ0v) is 23.9. The van der Waals surface area contributed by atoms with Crippen molar-refractivity contribution in [2.45, 2.75) is 57.6 Å². The van der Waals surface area contributed by atoms with Gasteiger partial charge in [0.05, 0.1) is 12.3 Å². The third-order valence-electron chi connectivity index (χ3n) is 8.01. The van der Waals surface area contributed by atoms with E-state index < -0.39 is 17.4 Å². The van der Waals surface area contributed by atoms with Gasteiger partial charge in [0.15, 0.2) is 5.60 Å². The number of hydrogen-bond acceptors (Lipinski definition) is 5. The second kappa shape index (κ2) is 13.7. The number of hydrogen-bond donors (Lipinski definition) is 2. The second-order valence-electron chi connectivity index (χ2n) is 10.8. The molecular weight excluding hydrogens is 518 g/mol. The summed E-state index contributed by atoms with van der Waals surface area (Å²) in [5.41, 5.74) is 0.814. The molecule has 0 aromatic heterocycles. The van der Waals surface area contributed by atoms with Gasteiger partial charge in [-0.05, 0) is 36.6 Å². The minimum absolute atomic E-state index is 0.0508. The largest absolute Gasteiger partial charge is 0.395 e. The molecule has 8 nitrogen and oxygen atoms in total. The van der Waals surface area contributed by atoms with Gasteiger partial charge >= 0.3 is 0 Å². The molecule has 2 aliphatic rings. The maximum absolute atomic E-state index is 13.7. The maximum Gasteiger partial charge on any atom is 0.264 e. The molecule has 2 atom stereocenters. The van der Waals surface area contributed by atoms with Crippen LogP contribution in [0.2, 0.25) is 0 Å². The van der Waals surface area contributed by atoms with Crippen molar-refractivity contribution in [3.63, 3.8) is 0 Å². The lowest BCUT2D eigenvalue weighted by Crippen LogP contribution is -2.44. The molecule has 0 spiro atoms. The normalized spacial score (nSPS) is 20.1. The van der Waals surface area contributed by atoms with Crippen molar-refractivity contribution < 1.29 is 24.6 Å². The fourth-order valence-electron chi connectivity index (χ4n) is 5.70. The maximum atomic E-state index is 13.7. The third kappa shape index (κ3) is 6.60. The molecule has 2 aromatic rings. The van der Waals surface area contributed by atoms with Gasteiger partial charge in [0.25, 0.3) is 5.91 Å². The quantitative estimate of drug-likeness (QED) is 0.400. The molecule has 1 fully saturated rings. The van der Waals surface area contributed by atoms with E-state index in [4.69, 9.17) is 0 Å². The third-order valence-corrected chi connectivity index (χ3v) is 8.01. The Hall–Kier alpha value is -3.75. The average Bonchev–Trinajstić information content (AvgIpc) is 3.18. The van der Waals surface area contributed by atoms with Crippen LogP contribution in [0.25, 0.3) is 0 Å². The van der Waals surface area contributed by atoms with Crippen molar-refractivity contribution in [3.8, 4) is 0 Å².